The molecule has 0 aliphatic carbocycles. The van der Waals surface area contributed by atoms with E-state index in [4.69, 9.17) is 10.7 Å². The Morgan fingerprint density at radius 1 is 1.44 bits per heavy atom. The molecule has 0 amide bonds. The van der Waals surface area contributed by atoms with Crippen molar-refractivity contribution in [2.45, 2.75) is 40.7 Å². The summed E-state index contributed by atoms with van der Waals surface area (Å²) in [5.74, 6) is 2.67. The molecule has 3 heteroatoms. The van der Waals surface area contributed by atoms with Crippen LogP contribution in [0.15, 0.2) is 6.07 Å². The maximum atomic E-state index is 5.90. The second kappa shape index (κ2) is 5.27. The molecular weight excluding hydrogens is 222 g/mol. The summed E-state index contributed by atoms with van der Waals surface area (Å²) in [6, 6.07) is 2.13. The van der Waals surface area contributed by atoms with E-state index in [1.807, 2.05) is 0 Å². The Balaban J connectivity index is 2.29. The first-order valence-corrected chi connectivity index (χ1v) is 6.95. The molecule has 0 aromatic carbocycles. The normalized spacial score (nSPS) is 19.9. The van der Waals surface area contributed by atoms with Gasteiger partial charge in [0.05, 0.1) is 0 Å². The van der Waals surface area contributed by atoms with Crippen molar-refractivity contribution in [1.29, 1.82) is 0 Å². The van der Waals surface area contributed by atoms with E-state index < -0.39 is 0 Å². The Morgan fingerprint density at radius 3 is 2.72 bits per heavy atom. The van der Waals surface area contributed by atoms with Crippen molar-refractivity contribution in [1.82, 2.24) is 4.98 Å². The largest absolute Gasteiger partial charge is 0.356 e. The third-order valence-corrected chi connectivity index (χ3v) is 4.12. The van der Waals surface area contributed by atoms with Gasteiger partial charge in [-0.05, 0) is 43.7 Å². The Labute approximate surface area is 110 Å². The van der Waals surface area contributed by atoms with Crippen molar-refractivity contribution in [3.63, 3.8) is 0 Å². The van der Waals surface area contributed by atoms with Gasteiger partial charge in [-0.1, -0.05) is 13.8 Å². The summed E-state index contributed by atoms with van der Waals surface area (Å²) >= 11 is 0. The number of nitrogens with two attached hydrogens (primary N) is 1. The van der Waals surface area contributed by atoms with Gasteiger partial charge in [-0.25, -0.2) is 4.98 Å². The molecule has 1 fully saturated rings. The molecule has 1 aliphatic heterocycles. The third kappa shape index (κ3) is 2.51. The SMILES string of the molecule is Cc1cc(C)c(CN)c(N2CCC(C(C)C)C2)n1. The number of nitrogens with zero attached hydrogens (tertiary/aromatic N) is 2. The predicted octanol–water partition coefficient (Wildman–Crippen LogP) is 2.64. The van der Waals surface area contributed by atoms with Crippen LogP contribution in [-0.2, 0) is 6.54 Å². The number of hydrogen-bond acceptors (Lipinski definition) is 3. The van der Waals surface area contributed by atoms with Gasteiger partial charge in [0, 0.05) is 30.9 Å². The molecule has 1 aromatic rings. The van der Waals surface area contributed by atoms with Crippen LogP contribution >= 0.6 is 0 Å². The second-order valence-corrected chi connectivity index (χ2v) is 5.83. The highest BCUT2D eigenvalue weighted by molar-refractivity contribution is 5.52. The fraction of sp³-hybridized carbons (Fsp3) is 0.667. The monoisotopic (exact) mass is 247 g/mol. The molecular formula is C15H25N3. The van der Waals surface area contributed by atoms with E-state index in [2.05, 4.69) is 38.7 Å². The van der Waals surface area contributed by atoms with E-state index in [1.54, 1.807) is 0 Å². The average molecular weight is 247 g/mol. The van der Waals surface area contributed by atoms with Crippen molar-refractivity contribution in [2.75, 3.05) is 18.0 Å². The molecule has 1 aliphatic rings. The van der Waals surface area contributed by atoms with Crippen LogP contribution in [0.1, 0.15) is 37.1 Å². The minimum absolute atomic E-state index is 0.581. The van der Waals surface area contributed by atoms with Crippen LogP contribution in [0.5, 0.6) is 0 Å². The van der Waals surface area contributed by atoms with Crippen molar-refractivity contribution in [3.05, 3.63) is 22.9 Å². The number of aryl methyl sites for hydroxylation is 2. The fourth-order valence-corrected chi connectivity index (χ4v) is 2.88. The minimum Gasteiger partial charge on any atom is -0.356 e. The van der Waals surface area contributed by atoms with Crippen LogP contribution in [0.3, 0.4) is 0 Å². The summed E-state index contributed by atoms with van der Waals surface area (Å²) in [7, 11) is 0. The van der Waals surface area contributed by atoms with E-state index in [-0.39, 0.29) is 0 Å². The highest BCUT2D eigenvalue weighted by Gasteiger charge is 2.27. The molecule has 0 saturated carbocycles. The van der Waals surface area contributed by atoms with Gasteiger partial charge in [0.25, 0.3) is 0 Å². The van der Waals surface area contributed by atoms with Gasteiger partial charge in [-0.3, -0.25) is 0 Å². The molecule has 1 atom stereocenters. The number of pyridine rings is 1. The zero-order valence-corrected chi connectivity index (χ0v) is 12.0. The Bertz CT molecular complexity index is 426. The van der Waals surface area contributed by atoms with Gasteiger partial charge in [0.2, 0.25) is 0 Å². The first-order valence-electron chi connectivity index (χ1n) is 6.95. The Morgan fingerprint density at radius 2 is 2.17 bits per heavy atom. The minimum atomic E-state index is 0.581. The highest BCUT2D eigenvalue weighted by Crippen LogP contribution is 2.30. The van der Waals surface area contributed by atoms with Crippen LogP contribution in [0.4, 0.5) is 5.82 Å². The molecule has 100 valence electrons. The van der Waals surface area contributed by atoms with E-state index in [0.717, 1.165) is 36.4 Å². The lowest BCUT2D eigenvalue weighted by Gasteiger charge is -2.23. The summed E-state index contributed by atoms with van der Waals surface area (Å²) in [6.07, 6.45) is 1.27. The molecule has 0 bridgehead atoms. The summed E-state index contributed by atoms with van der Waals surface area (Å²) in [5.41, 5.74) is 9.47. The molecule has 2 heterocycles. The second-order valence-electron chi connectivity index (χ2n) is 5.83. The lowest BCUT2D eigenvalue weighted by molar-refractivity contribution is 0.422. The molecule has 0 radical (unpaired) electrons. The van der Waals surface area contributed by atoms with Gasteiger partial charge in [-0.2, -0.15) is 0 Å². The maximum absolute atomic E-state index is 5.90. The van der Waals surface area contributed by atoms with Gasteiger partial charge in [-0.15, -0.1) is 0 Å². The van der Waals surface area contributed by atoms with Gasteiger partial charge in [0.15, 0.2) is 0 Å². The molecule has 0 spiro atoms. The quantitative estimate of drug-likeness (QED) is 0.893. The van der Waals surface area contributed by atoms with Crippen LogP contribution in [0.2, 0.25) is 0 Å². The maximum Gasteiger partial charge on any atom is 0.133 e. The van der Waals surface area contributed by atoms with E-state index in [1.165, 1.54) is 17.5 Å². The molecule has 3 nitrogen and oxygen atoms in total. The van der Waals surface area contributed by atoms with Crippen LogP contribution < -0.4 is 10.6 Å². The highest BCUT2D eigenvalue weighted by atomic mass is 15.2. The lowest BCUT2D eigenvalue weighted by Crippen LogP contribution is -2.25. The number of hydrogen-bond donors (Lipinski definition) is 1. The first-order chi connectivity index (χ1) is 8.52. The van der Waals surface area contributed by atoms with Crippen molar-refractivity contribution < 1.29 is 0 Å². The summed E-state index contributed by atoms with van der Waals surface area (Å²) in [5, 5.41) is 0. The van der Waals surface area contributed by atoms with E-state index in [0.29, 0.717) is 6.54 Å². The zero-order chi connectivity index (χ0) is 13.3. The molecule has 18 heavy (non-hydrogen) atoms. The zero-order valence-electron chi connectivity index (χ0n) is 12.0. The van der Waals surface area contributed by atoms with Gasteiger partial charge in [0.1, 0.15) is 5.82 Å². The van der Waals surface area contributed by atoms with Crippen LogP contribution in [-0.4, -0.2) is 18.1 Å². The fourth-order valence-electron chi connectivity index (χ4n) is 2.88. The number of aromatic nitrogens is 1. The number of rotatable bonds is 3. The smallest absolute Gasteiger partial charge is 0.133 e. The third-order valence-electron chi connectivity index (χ3n) is 4.12. The Hall–Kier alpha value is -1.09. The summed E-state index contributed by atoms with van der Waals surface area (Å²) < 4.78 is 0. The summed E-state index contributed by atoms with van der Waals surface area (Å²) in [4.78, 5) is 7.15. The van der Waals surface area contributed by atoms with Gasteiger partial charge < -0.3 is 10.6 Å². The molecule has 1 aromatic heterocycles. The van der Waals surface area contributed by atoms with E-state index in [9.17, 15) is 0 Å². The van der Waals surface area contributed by atoms with Crippen molar-refractivity contribution in [3.8, 4) is 0 Å². The van der Waals surface area contributed by atoms with Crippen molar-refractivity contribution in [2.24, 2.45) is 17.6 Å². The van der Waals surface area contributed by atoms with E-state index >= 15 is 0 Å². The molecule has 1 unspecified atom stereocenters. The van der Waals surface area contributed by atoms with Crippen molar-refractivity contribution >= 4 is 5.82 Å². The lowest BCUT2D eigenvalue weighted by atomic mass is 9.95. The summed E-state index contributed by atoms with van der Waals surface area (Å²) in [6.45, 7) is 11.6. The molecule has 2 rings (SSSR count). The standard InChI is InChI=1S/C15H25N3/c1-10(2)13-5-6-18(9-13)15-14(8-16)11(3)7-12(4)17-15/h7,10,13H,5-6,8-9,16H2,1-4H3. The van der Waals surface area contributed by atoms with Crippen LogP contribution in [0, 0.1) is 25.7 Å². The molecule has 2 N–H and O–H groups in total. The first kappa shape index (κ1) is 13.3. The van der Waals surface area contributed by atoms with Gasteiger partial charge >= 0.3 is 0 Å². The average Bonchev–Trinajstić information content (AvgIpc) is 2.77. The van der Waals surface area contributed by atoms with Crippen LogP contribution in [0.25, 0.3) is 0 Å². The Kier molecular flexibility index (Phi) is 3.91. The topological polar surface area (TPSA) is 42.1 Å². The molecule has 1 saturated heterocycles. The number of anilines is 1. The predicted molar refractivity (Wildman–Crippen MR) is 76.8 cm³/mol.